The highest BCUT2D eigenvalue weighted by Crippen LogP contribution is 2.54. The normalized spacial score (nSPS) is 20.1. The lowest BCUT2D eigenvalue weighted by Gasteiger charge is -2.43. The first-order valence-electron chi connectivity index (χ1n) is 13.7. The molecule has 0 fully saturated rings. The maximum atomic E-state index is 13.6. The van der Waals surface area contributed by atoms with Crippen LogP contribution in [0.25, 0.3) is 0 Å². The summed E-state index contributed by atoms with van der Waals surface area (Å²) in [5.74, 6) is 0.578. The molecule has 0 atom stereocenters. The summed E-state index contributed by atoms with van der Waals surface area (Å²) in [5, 5.41) is 3.35. The molecule has 6 nitrogen and oxygen atoms in total. The third-order valence-electron chi connectivity index (χ3n) is 7.88. The second-order valence-corrected chi connectivity index (χ2v) is 13.4. The van der Waals surface area contributed by atoms with E-state index in [4.69, 9.17) is 21.1 Å². The number of carbonyl (C=O) groups excluding carboxylic acids is 3. The van der Waals surface area contributed by atoms with E-state index in [0.717, 1.165) is 16.8 Å². The Labute approximate surface area is 240 Å². The van der Waals surface area contributed by atoms with Gasteiger partial charge in [0.25, 0.3) is 5.91 Å². The molecule has 2 aromatic rings. The zero-order valence-electron chi connectivity index (χ0n) is 24.0. The van der Waals surface area contributed by atoms with Gasteiger partial charge in [-0.1, -0.05) is 57.0 Å². The van der Waals surface area contributed by atoms with Gasteiger partial charge in [0.05, 0.1) is 5.92 Å². The van der Waals surface area contributed by atoms with Crippen LogP contribution >= 0.6 is 11.6 Å². The van der Waals surface area contributed by atoms with Crippen molar-refractivity contribution in [2.75, 3.05) is 11.9 Å². The molecule has 210 valence electrons. The molecule has 0 saturated carbocycles. The summed E-state index contributed by atoms with van der Waals surface area (Å²) in [4.78, 5) is 40.2. The van der Waals surface area contributed by atoms with Gasteiger partial charge in [0, 0.05) is 53.1 Å². The van der Waals surface area contributed by atoms with Gasteiger partial charge in [-0.3, -0.25) is 14.4 Å². The van der Waals surface area contributed by atoms with E-state index in [0.29, 0.717) is 64.7 Å². The minimum atomic E-state index is -0.665. The molecular formula is C33H36ClNO5. The minimum Gasteiger partial charge on any atom is -0.483 e. The average Bonchev–Trinajstić information content (AvgIpc) is 2.82. The van der Waals surface area contributed by atoms with E-state index in [2.05, 4.69) is 33.0 Å². The van der Waals surface area contributed by atoms with Crippen molar-refractivity contribution in [1.29, 1.82) is 0 Å². The lowest BCUT2D eigenvalue weighted by molar-refractivity contribution is -0.121. The number of Topliss-reactive ketones (excluding diaryl/α,β-unsaturated/α-hetero) is 2. The molecule has 7 heteroatoms. The summed E-state index contributed by atoms with van der Waals surface area (Å²) in [6.45, 7) is 11.9. The number of nitrogens with one attached hydrogen (secondary N) is 1. The number of halogens is 1. The Balaban J connectivity index is 1.53. The molecule has 1 amide bonds. The van der Waals surface area contributed by atoms with E-state index >= 15 is 0 Å². The molecule has 0 radical (unpaired) electrons. The Hall–Kier alpha value is -3.38. The van der Waals surface area contributed by atoms with Crippen LogP contribution in [0.5, 0.6) is 5.75 Å². The van der Waals surface area contributed by atoms with Crippen LogP contribution in [-0.2, 0) is 19.1 Å². The van der Waals surface area contributed by atoms with Crippen LogP contribution in [0.1, 0.15) is 76.0 Å². The van der Waals surface area contributed by atoms with Gasteiger partial charge in [-0.05, 0) is 54.5 Å². The fourth-order valence-corrected chi connectivity index (χ4v) is 6.33. The van der Waals surface area contributed by atoms with Crippen molar-refractivity contribution in [3.63, 3.8) is 0 Å². The highest BCUT2D eigenvalue weighted by atomic mass is 35.5. The highest BCUT2D eigenvalue weighted by Gasteiger charge is 2.48. The summed E-state index contributed by atoms with van der Waals surface area (Å²) < 4.78 is 12.5. The monoisotopic (exact) mass is 561 g/mol. The number of allylic oxidation sites excluding steroid dienone is 4. The van der Waals surface area contributed by atoms with Crippen LogP contribution in [0.3, 0.4) is 0 Å². The lowest BCUT2D eigenvalue weighted by Crippen LogP contribution is -2.37. The molecule has 40 heavy (non-hydrogen) atoms. The number of hydrogen-bond donors (Lipinski definition) is 1. The maximum absolute atomic E-state index is 13.6. The molecule has 1 aliphatic heterocycles. The first-order chi connectivity index (χ1) is 18.7. The van der Waals surface area contributed by atoms with Gasteiger partial charge in [0.2, 0.25) is 0 Å². The number of aryl methyl sites for hydroxylation is 2. The Morgan fingerprint density at radius 2 is 1.52 bits per heavy atom. The molecule has 1 heterocycles. The quantitative estimate of drug-likeness (QED) is 0.412. The van der Waals surface area contributed by atoms with E-state index in [-0.39, 0.29) is 34.9 Å². The number of carbonyl (C=O) groups is 3. The largest absolute Gasteiger partial charge is 0.483 e. The number of amides is 1. The molecule has 1 N–H and O–H groups in total. The van der Waals surface area contributed by atoms with Gasteiger partial charge >= 0.3 is 0 Å². The number of ketones is 2. The third kappa shape index (κ3) is 5.60. The number of hydrogen-bond acceptors (Lipinski definition) is 5. The van der Waals surface area contributed by atoms with Crippen molar-refractivity contribution in [1.82, 2.24) is 0 Å². The molecular weight excluding hydrogens is 526 g/mol. The summed E-state index contributed by atoms with van der Waals surface area (Å²) in [6.07, 6.45) is 1.88. The summed E-state index contributed by atoms with van der Waals surface area (Å²) >= 11 is 6.48. The Morgan fingerprint density at radius 1 is 0.925 bits per heavy atom. The molecule has 2 aliphatic carbocycles. The summed E-state index contributed by atoms with van der Waals surface area (Å²) in [7, 11) is 0. The zero-order valence-corrected chi connectivity index (χ0v) is 24.8. The number of anilines is 1. The van der Waals surface area contributed by atoms with Gasteiger partial charge in [0.1, 0.15) is 17.3 Å². The summed E-state index contributed by atoms with van der Waals surface area (Å²) in [5.41, 5.74) is 3.86. The van der Waals surface area contributed by atoms with Gasteiger partial charge in [-0.25, -0.2) is 0 Å². The predicted molar refractivity (Wildman–Crippen MR) is 155 cm³/mol. The van der Waals surface area contributed by atoms with Crippen LogP contribution in [-0.4, -0.2) is 24.1 Å². The number of ether oxygens (including phenoxy) is 2. The lowest BCUT2D eigenvalue weighted by atomic mass is 9.65. The van der Waals surface area contributed by atoms with Crippen molar-refractivity contribution >= 4 is 34.8 Å². The fourth-order valence-electron chi connectivity index (χ4n) is 6.15. The topological polar surface area (TPSA) is 81.7 Å². The molecule has 0 unspecified atom stereocenters. The number of rotatable bonds is 5. The standard InChI is InChI=1S/C33H36ClNO5/c1-18-7-9-22(19(2)11-18)35-28(38)17-39-25-10-8-20(34)12-21(25)29-30-23(36)13-32(3,4)15-26(30)40-27-16-33(5,6)14-24(37)31(27)29/h7-12,29H,13-17H2,1-6H3,(H,35,38). The first-order valence-corrected chi connectivity index (χ1v) is 14.1. The van der Waals surface area contributed by atoms with Crippen LogP contribution in [0.4, 0.5) is 5.69 Å². The van der Waals surface area contributed by atoms with Crippen molar-refractivity contribution in [2.45, 2.75) is 73.1 Å². The highest BCUT2D eigenvalue weighted by molar-refractivity contribution is 6.30. The van der Waals surface area contributed by atoms with E-state index in [1.807, 2.05) is 32.0 Å². The van der Waals surface area contributed by atoms with Gasteiger partial charge < -0.3 is 14.8 Å². The van der Waals surface area contributed by atoms with Crippen molar-refractivity contribution in [3.05, 3.63) is 80.8 Å². The predicted octanol–water partition coefficient (Wildman–Crippen LogP) is 7.37. The molecule has 0 saturated heterocycles. The molecule has 0 bridgehead atoms. The van der Waals surface area contributed by atoms with Gasteiger partial charge in [-0.2, -0.15) is 0 Å². The SMILES string of the molecule is Cc1ccc(NC(=O)COc2ccc(Cl)cc2C2C3=C(CC(C)(C)CC3=O)OC3=C2C(=O)CC(C)(C)C3)c(C)c1. The second-order valence-electron chi connectivity index (χ2n) is 12.9. The maximum Gasteiger partial charge on any atom is 0.262 e. The van der Waals surface area contributed by atoms with Gasteiger partial charge in [0.15, 0.2) is 18.2 Å². The van der Waals surface area contributed by atoms with E-state index in [1.54, 1.807) is 18.2 Å². The second kappa shape index (κ2) is 10.2. The number of benzene rings is 2. The molecule has 5 rings (SSSR count). The van der Waals surface area contributed by atoms with E-state index in [1.165, 1.54) is 0 Å². The fraction of sp³-hybridized carbons (Fsp3) is 0.424. The Kier molecular flexibility index (Phi) is 7.20. The van der Waals surface area contributed by atoms with Crippen LogP contribution in [0.2, 0.25) is 5.02 Å². The Bertz CT molecular complexity index is 1440. The Morgan fingerprint density at radius 3 is 2.10 bits per heavy atom. The third-order valence-corrected chi connectivity index (χ3v) is 8.11. The minimum absolute atomic E-state index is 0.0426. The van der Waals surface area contributed by atoms with Crippen LogP contribution in [0.15, 0.2) is 59.1 Å². The van der Waals surface area contributed by atoms with Crippen LogP contribution in [0, 0.1) is 24.7 Å². The van der Waals surface area contributed by atoms with E-state index < -0.39 is 5.92 Å². The molecule has 3 aliphatic rings. The van der Waals surface area contributed by atoms with Crippen LogP contribution < -0.4 is 10.1 Å². The molecule has 0 aromatic heterocycles. The van der Waals surface area contributed by atoms with Crippen molar-refractivity contribution in [2.24, 2.45) is 10.8 Å². The van der Waals surface area contributed by atoms with E-state index in [9.17, 15) is 14.4 Å². The smallest absolute Gasteiger partial charge is 0.262 e. The summed E-state index contributed by atoms with van der Waals surface area (Å²) in [6, 6.07) is 10.9. The van der Waals surface area contributed by atoms with Crippen molar-refractivity contribution in [3.8, 4) is 5.75 Å². The molecule has 2 aromatic carbocycles. The molecule has 0 spiro atoms. The average molecular weight is 562 g/mol. The first kappa shape index (κ1) is 28.2. The van der Waals surface area contributed by atoms with Gasteiger partial charge in [-0.15, -0.1) is 0 Å². The van der Waals surface area contributed by atoms with Crippen molar-refractivity contribution < 1.29 is 23.9 Å². The zero-order chi connectivity index (χ0) is 29.0.